The van der Waals surface area contributed by atoms with Gasteiger partial charge in [-0.15, -0.1) is 0 Å². The molecule has 2 aromatic rings. The van der Waals surface area contributed by atoms with Crippen LogP contribution in [0.25, 0.3) is 0 Å². The van der Waals surface area contributed by atoms with Crippen LogP contribution in [0.2, 0.25) is 0 Å². The highest BCUT2D eigenvalue weighted by Crippen LogP contribution is 2.51. The highest BCUT2D eigenvalue weighted by atomic mass is 19.4. The number of rotatable bonds is 3. The second-order valence-electron chi connectivity index (χ2n) is 7.16. The van der Waals surface area contributed by atoms with Crippen LogP contribution in [-0.4, -0.2) is 5.91 Å². The number of hydrogen-bond donors (Lipinski definition) is 1. The summed E-state index contributed by atoms with van der Waals surface area (Å²) in [6.07, 6.45) is -2.46. The number of nitriles is 1. The molecule has 4 rings (SSSR count). The van der Waals surface area contributed by atoms with Crippen LogP contribution >= 0.6 is 0 Å². The van der Waals surface area contributed by atoms with Crippen molar-refractivity contribution < 1.29 is 18.0 Å². The van der Waals surface area contributed by atoms with Gasteiger partial charge in [-0.25, -0.2) is 0 Å². The molecule has 2 aliphatic rings. The van der Waals surface area contributed by atoms with Crippen molar-refractivity contribution in [3.8, 4) is 6.07 Å². The quantitative estimate of drug-likeness (QED) is 0.866. The summed E-state index contributed by atoms with van der Waals surface area (Å²) in [5.41, 5.74) is 2.19. The van der Waals surface area contributed by atoms with Crippen LogP contribution in [0, 0.1) is 17.2 Å². The van der Waals surface area contributed by atoms with Crippen molar-refractivity contribution in [3.05, 3.63) is 70.3 Å². The smallest absolute Gasteiger partial charge is 0.349 e. The average Bonchev–Trinajstić information content (AvgIpc) is 3.36. The maximum Gasteiger partial charge on any atom is 0.416 e. The van der Waals surface area contributed by atoms with Crippen LogP contribution in [0.1, 0.15) is 52.6 Å². The predicted molar refractivity (Wildman–Crippen MR) is 92.7 cm³/mol. The molecule has 0 heterocycles. The van der Waals surface area contributed by atoms with Gasteiger partial charge in [-0.1, -0.05) is 24.3 Å². The maximum atomic E-state index is 13.2. The lowest BCUT2D eigenvalue weighted by atomic mass is 10.0. The second kappa shape index (κ2) is 6.41. The molecule has 0 bridgehead atoms. The van der Waals surface area contributed by atoms with Crippen molar-refractivity contribution in [2.45, 2.75) is 37.4 Å². The Labute approximate surface area is 154 Å². The Bertz CT molecular complexity index is 945. The average molecular weight is 370 g/mol. The SMILES string of the molecule is N#Cc1ccc2c(c1)CC[C@@H]2NC(=O)[C@@H]1C[C@H]1c1ccccc1C(F)(F)F. The minimum Gasteiger partial charge on any atom is -0.349 e. The number of nitrogens with one attached hydrogen (secondary N) is 1. The largest absolute Gasteiger partial charge is 0.416 e. The van der Waals surface area contributed by atoms with Gasteiger partial charge in [0.05, 0.1) is 23.2 Å². The molecule has 2 aromatic carbocycles. The van der Waals surface area contributed by atoms with E-state index < -0.39 is 17.7 Å². The molecule has 1 amide bonds. The first-order valence-electron chi connectivity index (χ1n) is 8.88. The summed E-state index contributed by atoms with van der Waals surface area (Å²) in [7, 11) is 0. The van der Waals surface area contributed by atoms with Gasteiger partial charge >= 0.3 is 6.18 Å². The van der Waals surface area contributed by atoms with Crippen molar-refractivity contribution in [2.24, 2.45) is 5.92 Å². The number of nitrogens with zero attached hydrogens (tertiary/aromatic N) is 1. The molecular formula is C21H17F3N2O. The van der Waals surface area contributed by atoms with Gasteiger partial charge < -0.3 is 5.32 Å². The molecule has 0 aliphatic heterocycles. The molecule has 6 heteroatoms. The third-order valence-corrected chi connectivity index (χ3v) is 5.46. The Hall–Kier alpha value is -2.81. The number of carbonyl (C=O) groups is 1. The van der Waals surface area contributed by atoms with E-state index in [2.05, 4.69) is 11.4 Å². The summed E-state index contributed by atoms with van der Waals surface area (Å²) < 4.78 is 39.6. The molecule has 0 aromatic heterocycles. The van der Waals surface area contributed by atoms with Crippen LogP contribution in [0.4, 0.5) is 13.2 Å². The number of halogens is 3. The standard InChI is InChI=1S/C21H17F3N2O/c22-21(23,24)18-4-2-1-3-15(18)16-10-17(16)20(27)26-19-8-6-13-9-12(11-25)5-7-14(13)19/h1-5,7,9,16-17,19H,6,8,10H2,(H,26,27)/t16-,17+,19-/m0/s1. The summed E-state index contributed by atoms with van der Waals surface area (Å²) >= 11 is 0. The third kappa shape index (κ3) is 3.30. The lowest BCUT2D eigenvalue weighted by Gasteiger charge is -2.15. The minimum absolute atomic E-state index is 0.139. The van der Waals surface area contributed by atoms with Gasteiger partial charge in [-0.05, 0) is 60.1 Å². The van der Waals surface area contributed by atoms with Gasteiger partial charge in [-0.3, -0.25) is 4.79 Å². The first kappa shape index (κ1) is 17.6. The molecule has 3 atom stereocenters. The normalized spacial score (nSPS) is 23.4. The minimum atomic E-state index is -4.41. The molecule has 1 saturated carbocycles. The Morgan fingerprint density at radius 3 is 2.67 bits per heavy atom. The van der Waals surface area contributed by atoms with Crippen LogP contribution in [0.3, 0.4) is 0 Å². The molecule has 0 unspecified atom stereocenters. The Balaban J connectivity index is 1.47. The van der Waals surface area contributed by atoms with Crippen molar-refractivity contribution in [1.29, 1.82) is 5.26 Å². The summed E-state index contributed by atoms with van der Waals surface area (Å²) in [6.45, 7) is 0. The predicted octanol–water partition coefficient (Wildman–Crippen LogP) is 4.48. The summed E-state index contributed by atoms with van der Waals surface area (Å²) in [4.78, 5) is 12.6. The monoisotopic (exact) mass is 370 g/mol. The van der Waals surface area contributed by atoms with E-state index in [9.17, 15) is 18.0 Å². The zero-order valence-corrected chi connectivity index (χ0v) is 14.4. The lowest BCUT2D eigenvalue weighted by molar-refractivity contribution is -0.138. The molecule has 0 radical (unpaired) electrons. The maximum absolute atomic E-state index is 13.2. The number of aryl methyl sites for hydroxylation is 1. The van der Waals surface area contributed by atoms with E-state index in [-0.39, 0.29) is 23.4 Å². The van der Waals surface area contributed by atoms with E-state index >= 15 is 0 Å². The lowest BCUT2D eigenvalue weighted by Crippen LogP contribution is -2.29. The molecular weight excluding hydrogens is 353 g/mol. The van der Waals surface area contributed by atoms with Crippen LogP contribution in [0.5, 0.6) is 0 Å². The van der Waals surface area contributed by atoms with E-state index in [1.54, 1.807) is 12.1 Å². The summed E-state index contributed by atoms with van der Waals surface area (Å²) in [5.74, 6) is -1.00. The molecule has 138 valence electrons. The molecule has 0 saturated heterocycles. The van der Waals surface area contributed by atoms with Gasteiger partial charge in [0.2, 0.25) is 5.91 Å². The van der Waals surface area contributed by atoms with E-state index in [1.807, 2.05) is 12.1 Å². The highest BCUT2D eigenvalue weighted by Gasteiger charge is 2.48. The van der Waals surface area contributed by atoms with Crippen LogP contribution in [0.15, 0.2) is 42.5 Å². The van der Waals surface area contributed by atoms with Gasteiger partial charge in [0.1, 0.15) is 0 Å². The van der Waals surface area contributed by atoms with Gasteiger partial charge in [0.25, 0.3) is 0 Å². The first-order chi connectivity index (χ1) is 12.9. The summed E-state index contributed by atoms with van der Waals surface area (Å²) in [5, 5.41) is 12.0. The fourth-order valence-electron chi connectivity index (χ4n) is 4.02. The van der Waals surface area contributed by atoms with Crippen molar-refractivity contribution in [1.82, 2.24) is 5.32 Å². The van der Waals surface area contributed by atoms with E-state index in [0.717, 1.165) is 30.0 Å². The number of fused-ring (bicyclic) bond motifs is 1. The van der Waals surface area contributed by atoms with E-state index in [4.69, 9.17) is 5.26 Å². The third-order valence-electron chi connectivity index (χ3n) is 5.46. The Morgan fingerprint density at radius 2 is 1.93 bits per heavy atom. The molecule has 3 nitrogen and oxygen atoms in total. The zero-order valence-electron chi connectivity index (χ0n) is 14.4. The zero-order chi connectivity index (χ0) is 19.2. The van der Waals surface area contributed by atoms with Crippen molar-refractivity contribution in [3.63, 3.8) is 0 Å². The first-order valence-corrected chi connectivity index (χ1v) is 8.88. The molecule has 27 heavy (non-hydrogen) atoms. The fourth-order valence-corrected chi connectivity index (χ4v) is 4.02. The number of amides is 1. The van der Waals surface area contributed by atoms with Crippen LogP contribution < -0.4 is 5.32 Å². The number of hydrogen-bond acceptors (Lipinski definition) is 2. The van der Waals surface area contributed by atoms with Crippen LogP contribution in [-0.2, 0) is 17.4 Å². The second-order valence-corrected chi connectivity index (χ2v) is 7.16. The number of alkyl halides is 3. The summed E-state index contributed by atoms with van der Waals surface area (Å²) in [6, 6.07) is 12.9. The van der Waals surface area contributed by atoms with E-state index in [0.29, 0.717) is 12.0 Å². The Morgan fingerprint density at radius 1 is 1.15 bits per heavy atom. The fraction of sp³-hybridized carbons (Fsp3) is 0.333. The highest BCUT2D eigenvalue weighted by molar-refractivity contribution is 5.83. The molecule has 0 spiro atoms. The van der Waals surface area contributed by atoms with E-state index in [1.165, 1.54) is 12.1 Å². The Kier molecular flexibility index (Phi) is 4.18. The molecule has 1 fully saturated rings. The van der Waals surface area contributed by atoms with Crippen molar-refractivity contribution >= 4 is 5.91 Å². The van der Waals surface area contributed by atoms with Gasteiger partial charge in [0, 0.05) is 5.92 Å². The van der Waals surface area contributed by atoms with Crippen molar-refractivity contribution in [2.75, 3.05) is 0 Å². The number of benzene rings is 2. The molecule has 1 N–H and O–H groups in total. The van der Waals surface area contributed by atoms with Gasteiger partial charge in [-0.2, -0.15) is 18.4 Å². The topological polar surface area (TPSA) is 52.9 Å². The van der Waals surface area contributed by atoms with Gasteiger partial charge in [0.15, 0.2) is 0 Å². The molecule has 2 aliphatic carbocycles. The number of carbonyl (C=O) groups excluding carboxylic acids is 1.